The number of carbonyl (C=O) groups excluding carboxylic acids is 1. The highest BCUT2D eigenvalue weighted by Gasteiger charge is 2.33. The second kappa shape index (κ2) is 10.5. The molecular weight excluding hydrogens is 365 g/mol. The zero-order chi connectivity index (χ0) is 20.5. The summed E-state index contributed by atoms with van der Waals surface area (Å²) in [6, 6.07) is 28.0. The van der Waals surface area contributed by atoms with Crippen molar-refractivity contribution < 1.29 is 13.9 Å². The molecule has 4 heteroatoms. The van der Waals surface area contributed by atoms with Crippen LogP contribution in [-0.4, -0.2) is 23.1 Å². The minimum atomic E-state index is -1.37. The molecule has 150 valence electrons. The smallest absolute Gasteiger partial charge is 0.326 e. The largest absolute Gasteiger partial charge is 0.460 e. The van der Waals surface area contributed by atoms with Gasteiger partial charge in [-0.2, -0.15) is 0 Å². The van der Waals surface area contributed by atoms with Crippen molar-refractivity contribution in [2.75, 3.05) is 0 Å². The second-order valence-corrected chi connectivity index (χ2v) is 7.09. The van der Waals surface area contributed by atoms with Gasteiger partial charge in [-0.15, -0.1) is 0 Å². The molecule has 0 heterocycles. The molecule has 0 unspecified atom stereocenters. The van der Waals surface area contributed by atoms with Gasteiger partial charge in [-0.25, -0.2) is 4.39 Å². The van der Waals surface area contributed by atoms with Crippen LogP contribution >= 0.6 is 0 Å². The predicted molar refractivity (Wildman–Crippen MR) is 113 cm³/mol. The Labute approximate surface area is 171 Å². The van der Waals surface area contributed by atoms with Crippen molar-refractivity contribution >= 4 is 5.97 Å². The van der Waals surface area contributed by atoms with Crippen molar-refractivity contribution in [1.29, 1.82) is 0 Å². The summed E-state index contributed by atoms with van der Waals surface area (Å²) >= 11 is 0. The van der Waals surface area contributed by atoms with E-state index < -0.39 is 18.2 Å². The molecule has 0 aliphatic rings. The van der Waals surface area contributed by atoms with Crippen LogP contribution in [0.3, 0.4) is 0 Å². The van der Waals surface area contributed by atoms with Crippen LogP contribution < -0.4 is 0 Å². The third-order valence-corrected chi connectivity index (χ3v) is 4.75. The lowest BCUT2D eigenvalue weighted by Crippen LogP contribution is -2.46. The maximum Gasteiger partial charge on any atom is 0.326 e. The van der Waals surface area contributed by atoms with E-state index in [1.807, 2.05) is 95.9 Å². The van der Waals surface area contributed by atoms with Gasteiger partial charge in [0.25, 0.3) is 0 Å². The van der Waals surface area contributed by atoms with E-state index in [0.717, 1.165) is 16.7 Å². The molecule has 0 fully saturated rings. The van der Waals surface area contributed by atoms with E-state index in [2.05, 4.69) is 0 Å². The zero-order valence-electron chi connectivity index (χ0n) is 16.6. The lowest BCUT2D eigenvalue weighted by molar-refractivity contribution is -0.154. The summed E-state index contributed by atoms with van der Waals surface area (Å²) in [5.74, 6) is -0.546. The molecule has 29 heavy (non-hydrogen) atoms. The van der Waals surface area contributed by atoms with Crippen LogP contribution in [0.4, 0.5) is 4.39 Å². The van der Waals surface area contributed by atoms with Crippen LogP contribution in [0.5, 0.6) is 0 Å². The van der Waals surface area contributed by atoms with Gasteiger partial charge >= 0.3 is 5.97 Å². The summed E-state index contributed by atoms with van der Waals surface area (Å²) in [7, 11) is 0. The minimum absolute atomic E-state index is 0.132. The van der Waals surface area contributed by atoms with Crippen LogP contribution in [0.25, 0.3) is 0 Å². The van der Waals surface area contributed by atoms with Crippen LogP contribution in [0.15, 0.2) is 91.0 Å². The van der Waals surface area contributed by atoms with Gasteiger partial charge in [0.1, 0.15) is 18.8 Å². The maximum atomic E-state index is 14.7. The molecule has 0 aliphatic carbocycles. The van der Waals surface area contributed by atoms with Crippen molar-refractivity contribution in [3.63, 3.8) is 0 Å². The fraction of sp³-hybridized carbons (Fsp3) is 0.240. The van der Waals surface area contributed by atoms with Gasteiger partial charge in [0.15, 0.2) is 0 Å². The summed E-state index contributed by atoms with van der Waals surface area (Å²) < 4.78 is 20.1. The van der Waals surface area contributed by atoms with Crippen molar-refractivity contribution in [3.05, 3.63) is 108 Å². The highest BCUT2D eigenvalue weighted by atomic mass is 19.1. The topological polar surface area (TPSA) is 29.5 Å². The predicted octanol–water partition coefficient (Wildman–Crippen LogP) is 5.16. The second-order valence-electron chi connectivity index (χ2n) is 7.09. The number of nitrogens with zero attached hydrogens (tertiary/aromatic N) is 1. The first kappa shape index (κ1) is 20.7. The molecular formula is C25H26FNO2. The molecule has 0 spiro atoms. The fourth-order valence-corrected chi connectivity index (χ4v) is 3.33. The van der Waals surface area contributed by atoms with Gasteiger partial charge in [-0.3, -0.25) is 9.69 Å². The highest BCUT2D eigenvalue weighted by molar-refractivity contribution is 5.76. The summed E-state index contributed by atoms with van der Waals surface area (Å²) in [6.07, 6.45) is -1.37. The van der Waals surface area contributed by atoms with Crippen molar-refractivity contribution in [2.24, 2.45) is 0 Å². The van der Waals surface area contributed by atoms with E-state index in [-0.39, 0.29) is 6.61 Å². The number of ether oxygens (including phenoxy) is 1. The number of alkyl halides is 1. The van der Waals surface area contributed by atoms with E-state index in [1.54, 1.807) is 0 Å². The van der Waals surface area contributed by atoms with Crippen molar-refractivity contribution in [1.82, 2.24) is 4.90 Å². The molecule has 0 saturated carbocycles. The van der Waals surface area contributed by atoms with Crippen LogP contribution in [-0.2, 0) is 29.2 Å². The first-order valence-corrected chi connectivity index (χ1v) is 9.80. The first-order chi connectivity index (χ1) is 14.1. The van der Waals surface area contributed by atoms with E-state index in [0.29, 0.717) is 13.1 Å². The van der Waals surface area contributed by atoms with Gasteiger partial charge in [0.2, 0.25) is 0 Å². The number of carbonyl (C=O) groups is 1. The Bertz CT molecular complexity index is 828. The molecule has 0 bridgehead atoms. The lowest BCUT2D eigenvalue weighted by Gasteiger charge is -2.31. The molecule has 3 nitrogen and oxygen atoms in total. The normalized spacial score (nSPS) is 13.1. The van der Waals surface area contributed by atoms with Crippen LogP contribution in [0.1, 0.15) is 23.6 Å². The number of benzene rings is 3. The van der Waals surface area contributed by atoms with Gasteiger partial charge in [-0.05, 0) is 23.6 Å². The number of hydrogen-bond donors (Lipinski definition) is 0. The average Bonchev–Trinajstić information content (AvgIpc) is 2.74. The standard InChI is InChI=1S/C25H26FNO2/c1-20(26)24(25(28)29-19-23-15-9-4-10-16-23)27(17-21-11-5-2-6-12-21)18-22-13-7-3-8-14-22/h2-16,20,24H,17-19H2,1H3/t20-,24+/m1/s1. The molecule has 3 rings (SSSR count). The Balaban J connectivity index is 1.79. The minimum Gasteiger partial charge on any atom is -0.460 e. The molecule has 0 amide bonds. The molecule has 0 aliphatic heterocycles. The third-order valence-electron chi connectivity index (χ3n) is 4.75. The number of rotatable bonds is 9. The molecule has 3 aromatic carbocycles. The molecule has 0 aromatic heterocycles. The van der Waals surface area contributed by atoms with E-state index >= 15 is 0 Å². The van der Waals surface area contributed by atoms with Gasteiger partial charge in [0, 0.05) is 13.1 Å². The van der Waals surface area contributed by atoms with Crippen molar-refractivity contribution in [2.45, 2.75) is 38.8 Å². The highest BCUT2D eigenvalue weighted by Crippen LogP contribution is 2.19. The SMILES string of the molecule is C[C@@H](F)[C@@H](C(=O)OCc1ccccc1)N(Cc1ccccc1)Cc1ccccc1. The quantitative estimate of drug-likeness (QED) is 0.472. The number of esters is 1. The van der Waals surface area contributed by atoms with Gasteiger partial charge in [-0.1, -0.05) is 91.0 Å². The fourth-order valence-electron chi connectivity index (χ4n) is 3.33. The summed E-state index contributed by atoms with van der Waals surface area (Å²) in [5.41, 5.74) is 2.92. The van der Waals surface area contributed by atoms with Crippen molar-refractivity contribution in [3.8, 4) is 0 Å². The Kier molecular flexibility index (Phi) is 7.54. The third kappa shape index (κ3) is 6.26. The molecule has 0 saturated heterocycles. The lowest BCUT2D eigenvalue weighted by atomic mass is 10.1. The average molecular weight is 391 g/mol. The van der Waals surface area contributed by atoms with Gasteiger partial charge < -0.3 is 4.74 Å². The van der Waals surface area contributed by atoms with E-state index in [9.17, 15) is 9.18 Å². The first-order valence-electron chi connectivity index (χ1n) is 9.80. The van der Waals surface area contributed by atoms with E-state index in [1.165, 1.54) is 6.92 Å². The van der Waals surface area contributed by atoms with Crippen LogP contribution in [0, 0.1) is 0 Å². The Morgan fingerprint density at radius 2 is 1.21 bits per heavy atom. The molecule has 0 N–H and O–H groups in total. The number of halogens is 1. The monoisotopic (exact) mass is 391 g/mol. The summed E-state index contributed by atoms with van der Waals surface area (Å²) in [5, 5.41) is 0. The number of hydrogen-bond acceptors (Lipinski definition) is 3. The van der Waals surface area contributed by atoms with Gasteiger partial charge in [0.05, 0.1) is 0 Å². The molecule has 2 atom stereocenters. The maximum absolute atomic E-state index is 14.7. The Morgan fingerprint density at radius 3 is 1.62 bits per heavy atom. The summed E-state index contributed by atoms with van der Waals surface area (Å²) in [4.78, 5) is 14.7. The Hall–Kier alpha value is -2.98. The summed E-state index contributed by atoms with van der Waals surface area (Å²) in [6.45, 7) is 2.45. The zero-order valence-corrected chi connectivity index (χ0v) is 16.6. The molecule has 3 aromatic rings. The Morgan fingerprint density at radius 1 is 0.793 bits per heavy atom. The van der Waals surface area contributed by atoms with E-state index in [4.69, 9.17) is 4.74 Å². The molecule has 0 radical (unpaired) electrons. The van der Waals surface area contributed by atoms with Crippen LogP contribution in [0.2, 0.25) is 0 Å².